The molecule has 0 saturated carbocycles. The first-order valence-electron chi connectivity index (χ1n) is 11.5. The smallest absolute Gasteiger partial charge is 0.328 e. The molecule has 2 aromatic carbocycles. The molecule has 170 valence electrons. The highest BCUT2D eigenvalue weighted by atomic mass is 16.2. The van der Waals surface area contributed by atoms with Gasteiger partial charge >= 0.3 is 6.03 Å². The Balaban J connectivity index is 1.32. The molecule has 1 aromatic heterocycles. The van der Waals surface area contributed by atoms with Gasteiger partial charge < -0.3 is 15.2 Å². The van der Waals surface area contributed by atoms with Crippen molar-refractivity contribution in [2.24, 2.45) is 0 Å². The lowest BCUT2D eigenvalue weighted by molar-refractivity contribution is -0.139. The van der Waals surface area contributed by atoms with E-state index in [4.69, 9.17) is 0 Å². The van der Waals surface area contributed by atoms with Gasteiger partial charge in [0.15, 0.2) is 5.54 Å². The zero-order valence-corrected chi connectivity index (χ0v) is 18.9. The summed E-state index contributed by atoms with van der Waals surface area (Å²) in [7, 11) is 0. The molecule has 5 rings (SSSR count). The van der Waals surface area contributed by atoms with E-state index in [-0.39, 0.29) is 11.8 Å². The van der Waals surface area contributed by atoms with Gasteiger partial charge in [0.25, 0.3) is 5.91 Å². The summed E-state index contributed by atoms with van der Waals surface area (Å²) in [5.41, 5.74) is 2.86. The summed E-state index contributed by atoms with van der Waals surface area (Å²) in [6.45, 7) is 4.33. The molecule has 3 heterocycles. The van der Waals surface area contributed by atoms with Crippen molar-refractivity contribution in [3.8, 4) is 0 Å². The first-order valence-corrected chi connectivity index (χ1v) is 11.5. The lowest BCUT2D eigenvalue weighted by atomic mass is 9.87. The number of benzene rings is 2. The van der Waals surface area contributed by atoms with Gasteiger partial charge in [-0.1, -0.05) is 48.5 Å². The molecule has 4 amide bonds. The number of nitrogens with zero attached hydrogens (tertiary/aromatic N) is 2. The van der Waals surface area contributed by atoms with E-state index in [0.29, 0.717) is 19.5 Å². The molecule has 7 nitrogen and oxygen atoms in total. The molecule has 0 unspecified atom stereocenters. The highest BCUT2D eigenvalue weighted by Gasteiger charge is 2.60. The largest absolute Gasteiger partial charge is 0.356 e. The summed E-state index contributed by atoms with van der Waals surface area (Å²) in [6, 6.07) is 16.7. The third-order valence-corrected chi connectivity index (χ3v) is 7.05. The molecule has 2 aliphatic rings. The number of fused-ring (bicyclic) bond motifs is 5. The first kappa shape index (κ1) is 21.2. The van der Waals surface area contributed by atoms with E-state index in [1.807, 2.05) is 42.5 Å². The Morgan fingerprint density at radius 1 is 1.12 bits per heavy atom. The Labute approximate surface area is 192 Å². The number of aryl methyl sites for hydroxylation is 1. The molecule has 33 heavy (non-hydrogen) atoms. The van der Waals surface area contributed by atoms with Crippen molar-refractivity contribution in [3.63, 3.8) is 0 Å². The van der Waals surface area contributed by atoms with E-state index in [1.165, 1.54) is 5.56 Å². The second-order valence-corrected chi connectivity index (χ2v) is 9.01. The van der Waals surface area contributed by atoms with Crippen molar-refractivity contribution in [1.29, 1.82) is 0 Å². The van der Waals surface area contributed by atoms with Gasteiger partial charge in [0.2, 0.25) is 5.91 Å². The number of aromatic nitrogens is 1. The number of aromatic amines is 1. The average molecular weight is 445 g/mol. The molecule has 0 aliphatic carbocycles. The lowest BCUT2D eigenvalue weighted by Gasteiger charge is -2.36. The molecule has 2 N–H and O–H groups in total. The van der Waals surface area contributed by atoms with E-state index in [2.05, 4.69) is 22.4 Å². The van der Waals surface area contributed by atoms with Gasteiger partial charge in [-0.05, 0) is 50.3 Å². The molecule has 1 fully saturated rings. The van der Waals surface area contributed by atoms with Crippen LogP contribution in [0.4, 0.5) is 4.79 Å². The molecular formula is C26H28N4O3. The maximum Gasteiger partial charge on any atom is 0.328 e. The number of amides is 4. The van der Waals surface area contributed by atoms with Gasteiger partial charge in [-0.25, -0.2) is 9.69 Å². The first-order chi connectivity index (χ1) is 15.9. The van der Waals surface area contributed by atoms with Crippen LogP contribution in [-0.4, -0.2) is 51.8 Å². The quantitative estimate of drug-likeness (QED) is 0.452. The van der Waals surface area contributed by atoms with Crippen molar-refractivity contribution in [2.75, 3.05) is 13.1 Å². The molecule has 2 atom stereocenters. The summed E-state index contributed by atoms with van der Waals surface area (Å²) in [6.07, 6.45) is 2.31. The standard InChI is InChI=1S/C26H28N4O3/c1-17(23(31)27-15-8-11-18-9-4-3-5-10-18)30-24(32)26(2)22-20(14-16-29(26)25(30)33)19-12-6-7-13-21(19)28-22/h3-7,9-10,12-13,17,28H,8,11,14-16H2,1-2H3,(H,27,31)/t17-,26-/m0/s1. The van der Waals surface area contributed by atoms with Gasteiger partial charge in [-0.3, -0.25) is 9.59 Å². The fourth-order valence-corrected chi connectivity index (χ4v) is 5.17. The van der Waals surface area contributed by atoms with E-state index < -0.39 is 17.6 Å². The van der Waals surface area contributed by atoms with Gasteiger partial charge in [-0.15, -0.1) is 0 Å². The van der Waals surface area contributed by atoms with Crippen LogP contribution in [-0.2, 0) is 28.0 Å². The zero-order valence-electron chi connectivity index (χ0n) is 18.9. The Morgan fingerprint density at radius 3 is 2.64 bits per heavy atom. The lowest BCUT2D eigenvalue weighted by Crippen LogP contribution is -2.50. The summed E-state index contributed by atoms with van der Waals surface area (Å²) in [5, 5.41) is 3.97. The van der Waals surface area contributed by atoms with Gasteiger partial charge in [0.05, 0.1) is 5.69 Å². The van der Waals surface area contributed by atoms with Gasteiger partial charge in [0, 0.05) is 24.0 Å². The molecule has 0 radical (unpaired) electrons. The highest BCUT2D eigenvalue weighted by molar-refractivity contribution is 6.10. The highest BCUT2D eigenvalue weighted by Crippen LogP contribution is 2.44. The van der Waals surface area contributed by atoms with Crippen LogP contribution >= 0.6 is 0 Å². The normalized spacial score (nSPS) is 20.7. The van der Waals surface area contributed by atoms with Crippen LogP contribution in [0.25, 0.3) is 10.9 Å². The third-order valence-electron chi connectivity index (χ3n) is 7.05. The number of carbonyl (C=O) groups excluding carboxylic acids is 3. The number of hydrogen-bond donors (Lipinski definition) is 2. The van der Waals surface area contributed by atoms with E-state index in [1.54, 1.807) is 18.7 Å². The summed E-state index contributed by atoms with van der Waals surface area (Å²) < 4.78 is 0. The second-order valence-electron chi connectivity index (χ2n) is 9.01. The minimum Gasteiger partial charge on any atom is -0.356 e. The Morgan fingerprint density at radius 2 is 1.85 bits per heavy atom. The van der Waals surface area contributed by atoms with Crippen molar-refractivity contribution in [2.45, 2.75) is 44.7 Å². The molecular weight excluding hydrogens is 416 g/mol. The van der Waals surface area contributed by atoms with Crippen LogP contribution in [0.3, 0.4) is 0 Å². The summed E-state index contributed by atoms with van der Waals surface area (Å²) >= 11 is 0. The number of imide groups is 1. The van der Waals surface area contributed by atoms with Crippen LogP contribution in [0.1, 0.15) is 37.1 Å². The fourth-order valence-electron chi connectivity index (χ4n) is 5.17. The van der Waals surface area contributed by atoms with Crippen molar-refractivity contribution < 1.29 is 14.4 Å². The topological polar surface area (TPSA) is 85.5 Å². The summed E-state index contributed by atoms with van der Waals surface area (Å²) in [5.74, 6) is -0.669. The van der Waals surface area contributed by atoms with Crippen LogP contribution in [0, 0.1) is 0 Å². The maximum absolute atomic E-state index is 13.6. The molecule has 0 bridgehead atoms. The molecule has 1 saturated heterocycles. The number of nitrogens with one attached hydrogen (secondary N) is 2. The van der Waals surface area contributed by atoms with Gasteiger partial charge in [-0.2, -0.15) is 0 Å². The van der Waals surface area contributed by atoms with Crippen molar-refractivity contribution in [3.05, 3.63) is 71.4 Å². The van der Waals surface area contributed by atoms with E-state index in [0.717, 1.165) is 39.9 Å². The fraction of sp³-hybridized carbons (Fsp3) is 0.346. The zero-order chi connectivity index (χ0) is 23.2. The van der Waals surface area contributed by atoms with E-state index in [9.17, 15) is 14.4 Å². The molecule has 7 heteroatoms. The summed E-state index contributed by atoms with van der Waals surface area (Å²) in [4.78, 5) is 45.9. The Bertz CT molecular complexity index is 1230. The number of urea groups is 1. The van der Waals surface area contributed by atoms with Crippen LogP contribution < -0.4 is 5.32 Å². The van der Waals surface area contributed by atoms with E-state index >= 15 is 0 Å². The Kier molecular flexibility index (Phi) is 5.19. The molecule has 2 aliphatic heterocycles. The average Bonchev–Trinajstić information content (AvgIpc) is 3.30. The number of rotatable bonds is 6. The second kappa shape index (κ2) is 8.06. The number of para-hydroxylation sites is 1. The van der Waals surface area contributed by atoms with Crippen LogP contribution in [0.15, 0.2) is 54.6 Å². The minimum atomic E-state index is -1.13. The predicted octanol–water partition coefficient (Wildman–Crippen LogP) is 3.34. The van der Waals surface area contributed by atoms with Crippen LogP contribution in [0.5, 0.6) is 0 Å². The van der Waals surface area contributed by atoms with Crippen LogP contribution in [0.2, 0.25) is 0 Å². The van der Waals surface area contributed by atoms with Crippen molar-refractivity contribution >= 4 is 28.7 Å². The molecule has 3 aromatic rings. The number of hydrogen-bond acceptors (Lipinski definition) is 3. The van der Waals surface area contributed by atoms with Crippen molar-refractivity contribution in [1.82, 2.24) is 20.1 Å². The number of carbonyl (C=O) groups is 3. The monoisotopic (exact) mass is 444 g/mol. The number of H-pyrrole nitrogens is 1. The SMILES string of the molecule is C[C@@H](C(=O)NCCCc1ccccc1)N1C(=O)N2CCc3c([nH]c4ccccc34)[C@@]2(C)C1=O. The predicted molar refractivity (Wildman–Crippen MR) is 126 cm³/mol. The maximum atomic E-state index is 13.6. The van der Waals surface area contributed by atoms with Gasteiger partial charge in [0.1, 0.15) is 6.04 Å². The minimum absolute atomic E-state index is 0.315. The Hall–Kier alpha value is -3.61. The molecule has 0 spiro atoms. The third kappa shape index (κ3) is 3.30.